The fourth-order valence-corrected chi connectivity index (χ4v) is 3.06. The van der Waals surface area contributed by atoms with Crippen LogP contribution in [0, 0.1) is 5.92 Å². The van der Waals surface area contributed by atoms with E-state index in [0.29, 0.717) is 6.04 Å². The van der Waals surface area contributed by atoms with Crippen LogP contribution in [0.25, 0.3) is 0 Å². The van der Waals surface area contributed by atoms with Crippen molar-refractivity contribution >= 4 is 27.3 Å². The van der Waals surface area contributed by atoms with Gasteiger partial charge in [0.15, 0.2) is 0 Å². The van der Waals surface area contributed by atoms with Crippen LogP contribution in [0.1, 0.15) is 25.1 Å². The number of thiophene rings is 1. The van der Waals surface area contributed by atoms with Crippen molar-refractivity contribution < 1.29 is 0 Å². The van der Waals surface area contributed by atoms with Crippen LogP contribution in [0.5, 0.6) is 0 Å². The van der Waals surface area contributed by atoms with Crippen molar-refractivity contribution in [1.29, 1.82) is 0 Å². The highest BCUT2D eigenvalue weighted by molar-refractivity contribution is 9.10. The smallest absolute Gasteiger partial charge is 0.0285 e. The zero-order valence-corrected chi connectivity index (χ0v) is 11.4. The van der Waals surface area contributed by atoms with Crippen LogP contribution in [-0.2, 0) is 6.42 Å². The van der Waals surface area contributed by atoms with Gasteiger partial charge in [-0.2, -0.15) is 0 Å². The molecule has 0 radical (unpaired) electrons. The molecule has 1 rings (SSSR count). The average Bonchev–Trinajstić information content (AvgIpc) is 2.59. The first-order valence-electron chi connectivity index (χ1n) is 5.07. The SMILES string of the molecule is CCC(C)C(Cc1cc(Br)cs1)NC. The second-order valence-electron chi connectivity index (χ2n) is 3.72. The quantitative estimate of drug-likeness (QED) is 0.865. The molecule has 1 aromatic rings. The summed E-state index contributed by atoms with van der Waals surface area (Å²) < 4.78 is 1.21. The third-order valence-electron chi connectivity index (χ3n) is 2.74. The first-order chi connectivity index (χ1) is 6.67. The molecule has 1 N–H and O–H groups in total. The maximum Gasteiger partial charge on any atom is 0.0285 e. The minimum Gasteiger partial charge on any atom is -0.316 e. The second-order valence-corrected chi connectivity index (χ2v) is 5.63. The van der Waals surface area contributed by atoms with E-state index in [1.165, 1.54) is 15.8 Å². The molecule has 0 aliphatic heterocycles. The minimum atomic E-state index is 0.602. The molecular weight excluding hydrogens is 258 g/mol. The van der Waals surface area contributed by atoms with Crippen molar-refractivity contribution in [3.05, 3.63) is 20.8 Å². The van der Waals surface area contributed by atoms with E-state index in [9.17, 15) is 0 Å². The van der Waals surface area contributed by atoms with Crippen LogP contribution in [0.15, 0.2) is 15.9 Å². The standard InChI is InChI=1S/C11H18BrNS/c1-4-8(2)11(13-3)6-10-5-9(12)7-14-10/h5,7-8,11,13H,4,6H2,1-3H3. The third kappa shape index (κ3) is 3.37. The molecule has 1 nitrogen and oxygen atoms in total. The van der Waals surface area contributed by atoms with E-state index in [1.54, 1.807) is 0 Å². The van der Waals surface area contributed by atoms with E-state index in [-0.39, 0.29) is 0 Å². The first kappa shape index (κ1) is 12.2. The van der Waals surface area contributed by atoms with Crippen molar-refractivity contribution in [3.8, 4) is 0 Å². The highest BCUT2D eigenvalue weighted by Crippen LogP contribution is 2.23. The molecule has 0 aromatic carbocycles. The summed E-state index contributed by atoms with van der Waals surface area (Å²) in [6.07, 6.45) is 2.37. The van der Waals surface area contributed by atoms with E-state index >= 15 is 0 Å². The Morgan fingerprint density at radius 1 is 1.57 bits per heavy atom. The predicted molar refractivity (Wildman–Crippen MR) is 68.0 cm³/mol. The topological polar surface area (TPSA) is 12.0 Å². The van der Waals surface area contributed by atoms with E-state index in [0.717, 1.165) is 12.3 Å². The molecule has 0 fully saturated rings. The van der Waals surface area contributed by atoms with Crippen molar-refractivity contribution in [2.24, 2.45) is 5.92 Å². The molecule has 0 spiro atoms. The Morgan fingerprint density at radius 3 is 2.71 bits per heavy atom. The van der Waals surface area contributed by atoms with Gasteiger partial charge in [0.1, 0.15) is 0 Å². The Balaban J connectivity index is 2.56. The molecular formula is C11H18BrNS. The maximum absolute atomic E-state index is 3.49. The van der Waals surface area contributed by atoms with Gasteiger partial charge in [-0.25, -0.2) is 0 Å². The Bertz CT molecular complexity index is 272. The fourth-order valence-electron chi connectivity index (χ4n) is 1.55. The van der Waals surface area contributed by atoms with Crippen molar-refractivity contribution in [2.75, 3.05) is 7.05 Å². The number of hydrogen-bond donors (Lipinski definition) is 1. The van der Waals surface area contributed by atoms with Gasteiger partial charge in [0.05, 0.1) is 0 Å². The zero-order valence-electron chi connectivity index (χ0n) is 9.01. The molecule has 3 heteroatoms. The Labute approximate surface area is 99.0 Å². The number of nitrogens with one attached hydrogen (secondary N) is 1. The lowest BCUT2D eigenvalue weighted by atomic mass is 9.96. The van der Waals surface area contributed by atoms with Crippen LogP contribution in [-0.4, -0.2) is 13.1 Å². The predicted octanol–water partition coefficient (Wildman–Crippen LogP) is 3.69. The highest BCUT2D eigenvalue weighted by Gasteiger charge is 2.14. The minimum absolute atomic E-state index is 0.602. The van der Waals surface area contributed by atoms with Gasteiger partial charge >= 0.3 is 0 Å². The second kappa shape index (κ2) is 5.89. The summed E-state index contributed by atoms with van der Waals surface area (Å²) >= 11 is 5.32. The number of rotatable bonds is 5. The average molecular weight is 276 g/mol. The van der Waals surface area contributed by atoms with Crippen molar-refractivity contribution in [3.63, 3.8) is 0 Å². The number of likely N-dealkylation sites (N-methyl/N-ethyl adjacent to an activating group) is 1. The van der Waals surface area contributed by atoms with Crippen LogP contribution < -0.4 is 5.32 Å². The van der Waals surface area contributed by atoms with Gasteiger partial charge in [0.25, 0.3) is 0 Å². The molecule has 2 atom stereocenters. The molecule has 0 aliphatic rings. The molecule has 14 heavy (non-hydrogen) atoms. The van der Waals surface area contributed by atoms with Gasteiger partial charge in [-0.05, 0) is 41.4 Å². The van der Waals surface area contributed by atoms with Gasteiger partial charge in [0, 0.05) is 20.8 Å². The summed E-state index contributed by atoms with van der Waals surface area (Å²) in [5.74, 6) is 0.737. The lowest BCUT2D eigenvalue weighted by Gasteiger charge is -2.21. The van der Waals surface area contributed by atoms with Gasteiger partial charge < -0.3 is 5.32 Å². The Kier molecular flexibility index (Phi) is 5.13. The lowest BCUT2D eigenvalue weighted by molar-refractivity contribution is 0.388. The third-order valence-corrected chi connectivity index (χ3v) is 4.46. The zero-order chi connectivity index (χ0) is 10.6. The maximum atomic E-state index is 3.49. The van der Waals surface area contributed by atoms with Crippen molar-refractivity contribution in [2.45, 2.75) is 32.7 Å². The van der Waals surface area contributed by atoms with E-state index < -0.39 is 0 Å². The van der Waals surface area contributed by atoms with Gasteiger partial charge in [-0.15, -0.1) is 11.3 Å². The largest absolute Gasteiger partial charge is 0.316 e. The summed E-state index contributed by atoms with van der Waals surface area (Å²) in [5.41, 5.74) is 0. The van der Waals surface area contributed by atoms with E-state index in [2.05, 4.69) is 53.6 Å². The summed E-state index contributed by atoms with van der Waals surface area (Å²) in [4.78, 5) is 1.46. The van der Waals surface area contributed by atoms with E-state index in [4.69, 9.17) is 0 Å². The van der Waals surface area contributed by atoms with Crippen LogP contribution in [0.4, 0.5) is 0 Å². The number of hydrogen-bond acceptors (Lipinski definition) is 2. The first-order valence-corrected chi connectivity index (χ1v) is 6.74. The highest BCUT2D eigenvalue weighted by atomic mass is 79.9. The van der Waals surface area contributed by atoms with Crippen molar-refractivity contribution in [1.82, 2.24) is 5.32 Å². The van der Waals surface area contributed by atoms with Gasteiger partial charge in [-0.3, -0.25) is 0 Å². The summed E-state index contributed by atoms with van der Waals surface area (Å²) in [7, 11) is 2.06. The monoisotopic (exact) mass is 275 g/mol. The number of halogens is 1. The van der Waals surface area contributed by atoms with E-state index in [1.807, 2.05) is 11.3 Å². The molecule has 1 heterocycles. The molecule has 0 saturated heterocycles. The summed E-state index contributed by atoms with van der Waals surface area (Å²) in [5, 5.41) is 5.55. The molecule has 1 aromatic heterocycles. The normalized spacial score (nSPS) is 15.4. The summed E-state index contributed by atoms with van der Waals surface area (Å²) in [6, 6.07) is 2.82. The molecule has 0 saturated carbocycles. The van der Waals surface area contributed by atoms with Gasteiger partial charge in [0.2, 0.25) is 0 Å². The molecule has 0 aliphatic carbocycles. The molecule has 2 unspecified atom stereocenters. The Hall–Kier alpha value is 0.140. The fraction of sp³-hybridized carbons (Fsp3) is 0.636. The van der Waals surface area contributed by atoms with Gasteiger partial charge in [-0.1, -0.05) is 20.3 Å². The van der Waals surface area contributed by atoms with Crippen LogP contribution >= 0.6 is 27.3 Å². The molecule has 0 amide bonds. The lowest BCUT2D eigenvalue weighted by Crippen LogP contribution is -2.33. The molecule has 0 bridgehead atoms. The Morgan fingerprint density at radius 2 is 2.29 bits per heavy atom. The van der Waals surface area contributed by atoms with Crippen LogP contribution in [0.3, 0.4) is 0 Å². The van der Waals surface area contributed by atoms with Crippen LogP contribution in [0.2, 0.25) is 0 Å². The summed E-state index contributed by atoms with van der Waals surface area (Å²) in [6.45, 7) is 4.56. The molecule has 80 valence electrons.